The van der Waals surface area contributed by atoms with Gasteiger partial charge in [-0.1, -0.05) is 11.2 Å². The molecule has 1 fully saturated rings. The van der Waals surface area contributed by atoms with Crippen molar-refractivity contribution in [2.45, 2.75) is 39.7 Å². The molecule has 130 valence electrons. The van der Waals surface area contributed by atoms with Gasteiger partial charge in [0.05, 0.1) is 5.69 Å². The van der Waals surface area contributed by atoms with Crippen LogP contribution in [0, 0.1) is 13.8 Å². The highest BCUT2D eigenvalue weighted by Gasteiger charge is 2.20. The van der Waals surface area contributed by atoms with E-state index in [-0.39, 0.29) is 5.91 Å². The fourth-order valence-corrected chi connectivity index (χ4v) is 4.00. The van der Waals surface area contributed by atoms with Crippen LogP contribution in [-0.4, -0.2) is 47.0 Å². The Balaban J connectivity index is 1.49. The molecule has 0 radical (unpaired) electrons. The number of carbonyl (C=O) groups is 1. The molecule has 0 N–H and O–H groups in total. The third kappa shape index (κ3) is 4.24. The van der Waals surface area contributed by atoms with Gasteiger partial charge in [0.1, 0.15) is 5.76 Å². The van der Waals surface area contributed by atoms with Crippen molar-refractivity contribution in [1.82, 2.24) is 15.0 Å². The van der Waals surface area contributed by atoms with Crippen molar-refractivity contribution < 1.29 is 9.32 Å². The first-order valence-electron chi connectivity index (χ1n) is 8.58. The molecular formula is C18H25N3O2S. The van der Waals surface area contributed by atoms with Crippen LogP contribution >= 0.6 is 11.3 Å². The van der Waals surface area contributed by atoms with Gasteiger partial charge in [-0.25, -0.2) is 0 Å². The summed E-state index contributed by atoms with van der Waals surface area (Å²) in [5.74, 6) is 1.08. The van der Waals surface area contributed by atoms with E-state index in [0.29, 0.717) is 6.42 Å². The number of hydrogen-bond donors (Lipinski definition) is 0. The van der Waals surface area contributed by atoms with Crippen LogP contribution in [0.3, 0.4) is 0 Å². The van der Waals surface area contributed by atoms with Gasteiger partial charge in [0.2, 0.25) is 5.91 Å². The van der Waals surface area contributed by atoms with E-state index >= 15 is 0 Å². The molecule has 1 aliphatic heterocycles. The Morgan fingerprint density at radius 2 is 2.17 bits per heavy atom. The van der Waals surface area contributed by atoms with Gasteiger partial charge >= 0.3 is 0 Å². The monoisotopic (exact) mass is 347 g/mol. The van der Waals surface area contributed by atoms with Crippen LogP contribution in [-0.2, 0) is 17.8 Å². The zero-order chi connectivity index (χ0) is 16.9. The van der Waals surface area contributed by atoms with Gasteiger partial charge in [0.15, 0.2) is 0 Å². The molecule has 2 aromatic rings. The molecular weight excluding hydrogens is 322 g/mol. The third-order valence-corrected chi connectivity index (χ3v) is 5.53. The molecule has 1 aliphatic rings. The highest BCUT2D eigenvalue weighted by Crippen LogP contribution is 2.17. The lowest BCUT2D eigenvalue weighted by Gasteiger charge is -2.21. The van der Waals surface area contributed by atoms with Crippen molar-refractivity contribution in [3.63, 3.8) is 0 Å². The largest absolute Gasteiger partial charge is 0.361 e. The number of thiophene rings is 1. The Hall–Kier alpha value is -1.66. The summed E-state index contributed by atoms with van der Waals surface area (Å²) < 4.78 is 5.18. The molecule has 0 aliphatic carbocycles. The Kier molecular flexibility index (Phi) is 5.68. The number of aryl methyl sites for hydroxylation is 2. The van der Waals surface area contributed by atoms with Gasteiger partial charge in [-0.05, 0) is 38.1 Å². The summed E-state index contributed by atoms with van der Waals surface area (Å²) >= 11 is 1.80. The fraction of sp³-hybridized carbons (Fsp3) is 0.556. The van der Waals surface area contributed by atoms with E-state index in [1.165, 1.54) is 4.88 Å². The topological polar surface area (TPSA) is 49.6 Å². The van der Waals surface area contributed by atoms with Gasteiger partial charge in [-0.15, -0.1) is 11.3 Å². The Bertz CT molecular complexity index is 646. The van der Waals surface area contributed by atoms with E-state index in [1.54, 1.807) is 11.3 Å². The molecule has 24 heavy (non-hydrogen) atoms. The second-order valence-corrected chi connectivity index (χ2v) is 7.42. The van der Waals surface area contributed by atoms with Gasteiger partial charge in [0, 0.05) is 49.6 Å². The molecule has 0 unspecified atom stereocenters. The van der Waals surface area contributed by atoms with Gasteiger partial charge in [0.25, 0.3) is 0 Å². The summed E-state index contributed by atoms with van der Waals surface area (Å²) in [5.41, 5.74) is 1.98. The number of rotatable bonds is 5. The van der Waals surface area contributed by atoms with Crippen LogP contribution in [0.5, 0.6) is 0 Å². The van der Waals surface area contributed by atoms with Gasteiger partial charge < -0.3 is 9.42 Å². The van der Waals surface area contributed by atoms with Crippen molar-refractivity contribution in [2.75, 3.05) is 26.2 Å². The Morgan fingerprint density at radius 1 is 1.29 bits per heavy atom. The molecule has 6 heteroatoms. The Morgan fingerprint density at radius 3 is 2.88 bits per heavy atom. The summed E-state index contributed by atoms with van der Waals surface area (Å²) in [6.45, 7) is 8.55. The molecule has 0 spiro atoms. The molecule has 0 saturated carbocycles. The SMILES string of the molecule is Cc1noc(C)c1CCC(=O)N1CCCN(Cc2cccs2)CC1. The lowest BCUT2D eigenvalue weighted by Crippen LogP contribution is -2.35. The first-order chi connectivity index (χ1) is 11.6. The zero-order valence-corrected chi connectivity index (χ0v) is 15.3. The maximum atomic E-state index is 12.6. The quantitative estimate of drug-likeness (QED) is 0.834. The summed E-state index contributed by atoms with van der Waals surface area (Å²) in [4.78, 5) is 18.4. The van der Waals surface area contributed by atoms with Crippen LogP contribution in [0.25, 0.3) is 0 Å². The first-order valence-corrected chi connectivity index (χ1v) is 9.45. The molecule has 0 bridgehead atoms. The van der Waals surface area contributed by atoms with Crippen molar-refractivity contribution in [3.8, 4) is 0 Å². The third-order valence-electron chi connectivity index (χ3n) is 4.67. The predicted octanol–water partition coefficient (Wildman–Crippen LogP) is 3.02. The number of carbonyl (C=O) groups excluding carboxylic acids is 1. The minimum atomic E-state index is 0.243. The van der Waals surface area contributed by atoms with Crippen molar-refractivity contribution in [1.29, 1.82) is 0 Å². The molecule has 3 heterocycles. The second kappa shape index (κ2) is 7.94. The van der Waals surface area contributed by atoms with E-state index < -0.39 is 0 Å². The standard InChI is InChI=1S/C18H25N3O2S/c1-14-17(15(2)23-19-14)6-7-18(22)21-9-4-8-20(10-11-21)13-16-5-3-12-24-16/h3,5,12H,4,6-11,13H2,1-2H3. The summed E-state index contributed by atoms with van der Waals surface area (Å²) in [7, 11) is 0. The van der Waals surface area contributed by atoms with Crippen LogP contribution in [0.2, 0.25) is 0 Å². The Labute approximate surface area is 147 Å². The van der Waals surface area contributed by atoms with Gasteiger partial charge in [-0.2, -0.15) is 0 Å². The van der Waals surface area contributed by atoms with Gasteiger partial charge in [-0.3, -0.25) is 9.69 Å². The molecule has 0 aromatic carbocycles. The summed E-state index contributed by atoms with van der Waals surface area (Å²) in [6, 6.07) is 4.28. The summed E-state index contributed by atoms with van der Waals surface area (Å²) in [5, 5.41) is 6.08. The fourth-order valence-electron chi connectivity index (χ4n) is 3.25. The van der Waals surface area contributed by atoms with E-state index in [4.69, 9.17) is 4.52 Å². The van der Waals surface area contributed by atoms with Crippen LogP contribution in [0.15, 0.2) is 22.0 Å². The minimum absolute atomic E-state index is 0.243. The molecule has 1 amide bonds. The number of nitrogens with zero attached hydrogens (tertiary/aromatic N) is 3. The normalized spacial score (nSPS) is 16.3. The summed E-state index contributed by atoms with van der Waals surface area (Å²) in [6.07, 6.45) is 2.30. The molecule has 0 atom stereocenters. The van der Waals surface area contributed by atoms with Crippen LogP contribution in [0.4, 0.5) is 0 Å². The molecule has 1 saturated heterocycles. The smallest absolute Gasteiger partial charge is 0.222 e. The van der Waals surface area contributed by atoms with Crippen LogP contribution < -0.4 is 0 Å². The van der Waals surface area contributed by atoms with E-state index in [1.807, 2.05) is 18.7 Å². The lowest BCUT2D eigenvalue weighted by atomic mass is 10.1. The number of hydrogen-bond acceptors (Lipinski definition) is 5. The molecule has 3 rings (SSSR count). The number of amides is 1. The van der Waals surface area contributed by atoms with Crippen molar-refractivity contribution in [2.24, 2.45) is 0 Å². The maximum absolute atomic E-state index is 12.6. The van der Waals surface area contributed by atoms with E-state index in [2.05, 4.69) is 27.6 Å². The minimum Gasteiger partial charge on any atom is -0.361 e. The van der Waals surface area contributed by atoms with E-state index in [9.17, 15) is 4.79 Å². The van der Waals surface area contributed by atoms with Crippen molar-refractivity contribution >= 4 is 17.2 Å². The highest BCUT2D eigenvalue weighted by molar-refractivity contribution is 7.09. The average molecular weight is 347 g/mol. The lowest BCUT2D eigenvalue weighted by molar-refractivity contribution is -0.131. The maximum Gasteiger partial charge on any atom is 0.222 e. The zero-order valence-electron chi connectivity index (χ0n) is 14.5. The van der Waals surface area contributed by atoms with Crippen LogP contribution in [0.1, 0.15) is 34.7 Å². The van der Waals surface area contributed by atoms with Crippen molar-refractivity contribution in [3.05, 3.63) is 39.4 Å². The number of aromatic nitrogens is 1. The molecule has 2 aromatic heterocycles. The highest BCUT2D eigenvalue weighted by atomic mass is 32.1. The predicted molar refractivity (Wildman–Crippen MR) is 95.1 cm³/mol. The van der Waals surface area contributed by atoms with E-state index in [0.717, 1.165) is 62.6 Å². The average Bonchev–Trinajstić information content (AvgIpc) is 3.10. The molecule has 5 nitrogen and oxygen atoms in total. The second-order valence-electron chi connectivity index (χ2n) is 6.39. The first kappa shape index (κ1) is 17.2.